The molecule has 0 fully saturated rings. The Morgan fingerprint density at radius 3 is 2.78 bits per heavy atom. The van der Waals surface area contributed by atoms with Crippen LogP contribution in [0.5, 0.6) is 0 Å². The minimum atomic E-state index is 0. The number of hydrogen-bond acceptors (Lipinski definition) is 4. The monoisotopic (exact) mass is 448 g/mol. The fraction of sp³-hybridized carbons (Fsp3) is 0.533. The third-order valence-electron chi connectivity index (χ3n) is 3.24. The summed E-state index contributed by atoms with van der Waals surface area (Å²) in [6.45, 7) is 6.48. The topological polar surface area (TPSA) is 67.1 Å². The van der Waals surface area contributed by atoms with E-state index in [9.17, 15) is 0 Å². The summed E-state index contributed by atoms with van der Waals surface area (Å²) in [6, 6.07) is 1.98. The van der Waals surface area contributed by atoms with Gasteiger partial charge in [0.05, 0.1) is 22.9 Å². The molecular formula is C15H25IN6S. The average Bonchev–Trinajstić information content (AvgIpc) is 3.13. The molecule has 23 heavy (non-hydrogen) atoms. The number of halogens is 1. The van der Waals surface area contributed by atoms with E-state index in [-0.39, 0.29) is 24.0 Å². The highest BCUT2D eigenvalue weighted by Gasteiger charge is 2.02. The molecule has 2 aromatic rings. The van der Waals surface area contributed by atoms with E-state index in [1.165, 1.54) is 5.01 Å². The largest absolute Gasteiger partial charge is 0.357 e. The second-order valence-corrected chi connectivity index (χ2v) is 5.85. The third kappa shape index (κ3) is 6.46. The van der Waals surface area contributed by atoms with Crippen molar-refractivity contribution >= 4 is 41.3 Å². The lowest BCUT2D eigenvalue weighted by Crippen LogP contribution is -2.38. The number of rotatable bonds is 7. The number of hydrogen-bond donors (Lipinski definition) is 2. The zero-order chi connectivity index (χ0) is 15.8. The summed E-state index contributed by atoms with van der Waals surface area (Å²) in [4.78, 5) is 9.16. The normalized spacial score (nSPS) is 11.2. The van der Waals surface area contributed by atoms with Gasteiger partial charge in [-0.2, -0.15) is 5.10 Å². The molecule has 0 atom stereocenters. The molecule has 0 aliphatic carbocycles. The van der Waals surface area contributed by atoms with Gasteiger partial charge in [0.1, 0.15) is 0 Å². The highest BCUT2D eigenvalue weighted by molar-refractivity contribution is 14.0. The molecule has 2 aromatic heterocycles. The van der Waals surface area contributed by atoms with Crippen LogP contribution in [-0.4, -0.2) is 33.8 Å². The minimum absolute atomic E-state index is 0. The second kappa shape index (κ2) is 10.6. The van der Waals surface area contributed by atoms with Gasteiger partial charge in [0, 0.05) is 38.1 Å². The summed E-state index contributed by atoms with van der Waals surface area (Å²) >= 11 is 1.73. The number of guanidine groups is 1. The Labute approximate surface area is 158 Å². The number of nitrogens with one attached hydrogen (secondary N) is 2. The summed E-state index contributed by atoms with van der Waals surface area (Å²) in [5.41, 5.74) is 2.24. The lowest BCUT2D eigenvalue weighted by Gasteiger charge is -2.10. The van der Waals surface area contributed by atoms with E-state index >= 15 is 0 Å². The first-order chi connectivity index (χ1) is 10.7. The number of aromatic nitrogens is 3. The average molecular weight is 448 g/mol. The van der Waals surface area contributed by atoms with Crippen LogP contribution < -0.4 is 10.6 Å². The van der Waals surface area contributed by atoms with Gasteiger partial charge in [-0.3, -0.25) is 4.68 Å². The molecule has 2 N–H and O–H groups in total. The van der Waals surface area contributed by atoms with Crippen molar-refractivity contribution in [2.24, 2.45) is 12.0 Å². The van der Waals surface area contributed by atoms with Gasteiger partial charge in [0.25, 0.3) is 0 Å². The van der Waals surface area contributed by atoms with Crippen LogP contribution in [0.4, 0.5) is 0 Å². The molecule has 8 heteroatoms. The molecule has 0 radical (unpaired) electrons. The molecule has 0 unspecified atom stereocenters. The van der Waals surface area contributed by atoms with Gasteiger partial charge < -0.3 is 10.6 Å². The van der Waals surface area contributed by atoms with Crippen LogP contribution in [0.2, 0.25) is 0 Å². The van der Waals surface area contributed by atoms with Gasteiger partial charge in [-0.1, -0.05) is 6.92 Å². The lowest BCUT2D eigenvalue weighted by molar-refractivity contribution is 0.706. The minimum Gasteiger partial charge on any atom is -0.357 e. The molecule has 0 saturated heterocycles. The molecule has 0 aliphatic heterocycles. The highest BCUT2D eigenvalue weighted by atomic mass is 127. The predicted molar refractivity (Wildman–Crippen MR) is 107 cm³/mol. The van der Waals surface area contributed by atoms with Gasteiger partial charge in [-0.15, -0.1) is 35.3 Å². The number of thiazole rings is 1. The highest BCUT2D eigenvalue weighted by Crippen LogP contribution is 2.10. The zero-order valence-electron chi connectivity index (χ0n) is 13.9. The van der Waals surface area contributed by atoms with E-state index in [1.807, 2.05) is 17.8 Å². The summed E-state index contributed by atoms with van der Waals surface area (Å²) in [5.74, 6) is 0.828. The van der Waals surface area contributed by atoms with Crippen molar-refractivity contribution in [2.45, 2.75) is 33.2 Å². The second-order valence-electron chi connectivity index (χ2n) is 4.90. The molecule has 6 nitrogen and oxygen atoms in total. The van der Waals surface area contributed by atoms with E-state index in [4.69, 9.17) is 0 Å². The molecule has 0 amide bonds. The fourth-order valence-electron chi connectivity index (χ4n) is 1.99. The molecule has 2 rings (SSSR count). The summed E-state index contributed by atoms with van der Waals surface area (Å²) in [7, 11) is 1.93. The van der Waals surface area contributed by atoms with Crippen LogP contribution in [-0.2, 0) is 26.4 Å². The first kappa shape index (κ1) is 19.9. The van der Waals surface area contributed by atoms with Crippen LogP contribution in [0.25, 0.3) is 0 Å². The van der Waals surface area contributed by atoms with Crippen LogP contribution in [0, 0.1) is 0 Å². The van der Waals surface area contributed by atoms with Crippen molar-refractivity contribution in [2.75, 3.05) is 13.1 Å². The van der Waals surface area contributed by atoms with Crippen molar-refractivity contribution in [3.05, 3.63) is 34.0 Å². The standard InChI is InChI=1S/C15H24N6S.HI/c1-4-14-20-12(11-22-14)6-8-17-15(16-5-2)18-10-13-7-9-19-21(13)3;/h7,9,11H,4-6,8,10H2,1-3H3,(H2,16,17,18);1H. The molecule has 128 valence electrons. The zero-order valence-corrected chi connectivity index (χ0v) is 17.0. The van der Waals surface area contributed by atoms with Crippen molar-refractivity contribution in [1.82, 2.24) is 25.4 Å². The summed E-state index contributed by atoms with van der Waals surface area (Å²) < 4.78 is 1.84. The van der Waals surface area contributed by atoms with Crippen LogP contribution in [0.3, 0.4) is 0 Å². The van der Waals surface area contributed by atoms with Gasteiger partial charge in [0.15, 0.2) is 5.96 Å². The molecule has 0 bridgehead atoms. The van der Waals surface area contributed by atoms with Gasteiger partial charge >= 0.3 is 0 Å². The number of aryl methyl sites for hydroxylation is 2. The van der Waals surface area contributed by atoms with Crippen LogP contribution >= 0.6 is 35.3 Å². The van der Waals surface area contributed by atoms with Gasteiger partial charge in [0.2, 0.25) is 0 Å². The van der Waals surface area contributed by atoms with Crippen LogP contribution in [0.1, 0.15) is 30.2 Å². The summed E-state index contributed by atoms with van der Waals surface area (Å²) in [5, 5.41) is 14.1. The first-order valence-electron chi connectivity index (χ1n) is 7.65. The SMILES string of the molecule is CCNC(=NCc1ccnn1C)NCCc1csc(CC)n1.I. The Bertz CT molecular complexity index is 607. The molecule has 2 heterocycles. The Morgan fingerprint density at radius 1 is 1.35 bits per heavy atom. The predicted octanol–water partition coefficient (Wildman–Crippen LogP) is 2.35. The third-order valence-corrected chi connectivity index (χ3v) is 4.28. The molecule has 0 spiro atoms. The molecule has 0 aromatic carbocycles. The Hall–Kier alpha value is -1.16. The Balaban J connectivity index is 0.00000264. The fourth-order valence-corrected chi connectivity index (χ4v) is 2.77. The maximum atomic E-state index is 4.59. The van der Waals surface area contributed by atoms with E-state index in [1.54, 1.807) is 17.5 Å². The van der Waals surface area contributed by atoms with E-state index in [0.29, 0.717) is 6.54 Å². The number of nitrogens with zero attached hydrogens (tertiary/aromatic N) is 4. The molecular weight excluding hydrogens is 423 g/mol. The Morgan fingerprint density at radius 2 is 2.17 bits per heavy atom. The van der Waals surface area contributed by atoms with Gasteiger partial charge in [-0.05, 0) is 19.4 Å². The van der Waals surface area contributed by atoms with Crippen molar-refractivity contribution in [3.63, 3.8) is 0 Å². The number of aliphatic imine (C=N–C) groups is 1. The van der Waals surface area contributed by atoms with E-state index in [0.717, 1.165) is 43.3 Å². The van der Waals surface area contributed by atoms with Gasteiger partial charge in [-0.25, -0.2) is 9.98 Å². The van der Waals surface area contributed by atoms with Crippen molar-refractivity contribution in [1.29, 1.82) is 0 Å². The maximum Gasteiger partial charge on any atom is 0.191 e. The van der Waals surface area contributed by atoms with Crippen molar-refractivity contribution in [3.8, 4) is 0 Å². The summed E-state index contributed by atoms with van der Waals surface area (Å²) in [6.07, 6.45) is 3.71. The van der Waals surface area contributed by atoms with Crippen LogP contribution in [0.15, 0.2) is 22.6 Å². The molecule has 0 saturated carbocycles. The first-order valence-corrected chi connectivity index (χ1v) is 8.53. The van der Waals surface area contributed by atoms with E-state index in [2.05, 4.69) is 44.9 Å². The lowest BCUT2D eigenvalue weighted by atomic mass is 10.3. The quantitative estimate of drug-likeness (QED) is 0.388. The maximum absolute atomic E-state index is 4.59. The molecule has 0 aliphatic rings. The smallest absolute Gasteiger partial charge is 0.191 e. The van der Waals surface area contributed by atoms with Crippen molar-refractivity contribution < 1.29 is 0 Å². The van der Waals surface area contributed by atoms with E-state index < -0.39 is 0 Å². The Kier molecular flexibility index (Phi) is 9.15.